The van der Waals surface area contributed by atoms with Crippen LogP contribution in [0.2, 0.25) is 0 Å². The van der Waals surface area contributed by atoms with Crippen molar-refractivity contribution < 1.29 is 9.59 Å². The largest absolute Gasteiger partial charge is 0.298 e. The van der Waals surface area contributed by atoms with Crippen molar-refractivity contribution in [2.24, 2.45) is 5.41 Å². The Morgan fingerprint density at radius 1 is 1.00 bits per heavy atom. The summed E-state index contributed by atoms with van der Waals surface area (Å²) in [6, 6.07) is 12.6. The zero-order chi connectivity index (χ0) is 19.1. The first-order valence-corrected chi connectivity index (χ1v) is 10.5. The maximum Gasteiger partial charge on any atom is 0.148 e. The maximum absolute atomic E-state index is 12.8. The molecule has 1 saturated carbocycles. The van der Waals surface area contributed by atoms with Gasteiger partial charge < -0.3 is 0 Å². The average molecular weight is 478 g/mol. The van der Waals surface area contributed by atoms with E-state index in [0.717, 1.165) is 27.8 Å². The number of benzene rings is 2. The van der Waals surface area contributed by atoms with E-state index >= 15 is 0 Å². The Morgan fingerprint density at radius 2 is 1.50 bits per heavy atom. The molecule has 26 heavy (non-hydrogen) atoms. The summed E-state index contributed by atoms with van der Waals surface area (Å²) in [4.78, 5) is 25.6. The fourth-order valence-electron chi connectivity index (χ4n) is 3.96. The van der Waals surface area contributed by atoms with Gasteiger partial charge in [-0.2, -0.15) is 12.6 Å². The molecule has 2 nitrogen and oxygen atoms in total. The van der Waals surface area contributed by atoms with Crippen molar-refractivity contribution in [1.82, 2.24) is 0 Å². The molecule has 0 amide bonds. The van der Waals surface area contributed by atoms with Crippen LogP contribution in [-0.4, -0.2) is 17.3 Å². The summed E-state index contributed by atoms with van der Waals surface area (Å²) in [6.45, 7) is 5.99. The van der Waals surface area contributed by atoms with Gasteiger partial charge >= 0.3 is 0 Å². The highest BCUT2D eigenvalue weighted by Crippen LogP contribution is 2.41. The molecule has 0 radical (unpaired) electrons. The molecule has 0 bridgehead atoms. The Hall–Kier alpha value is -1.14. The number of Topliss-reactive ketones (excluding diaryl/α,β-unsaturated/α-hetero) is 2. The summed E-state index contributed by atoms with van der Waals surface area (Å²) < 4.78 is 1.20. The summed E-state index contributed by atoms with van der Waals surface area (Å²) in [5, 5.41) is 0. The Kier molecular flexibility index (Phi) is 5.63. The van der Waals surface area contributed by atoms with Gasteiger partial charge in [-0.3, -0.25) is 9.59 Å². The minimum absolute atomic E-state index is 0.0333. The minimum atomic E-state index is -0.617. The fourth-order valence-corrected chi connectivity index (χ4v) is 4.54. The van der Waals surface area contributed by atoms with Crippen molar-refractivity contribution >= 4 is 46.8 Å². The van der Waals surface area contributed by atoms with Crippen LogP contribution in [0.1, 0.15) is 42.4 Å². The first-order chi connectivity index (χ1) is 12.2. The minimum Gasteiger partial charge on any atom is -0.298 e. The molecule has 0 unspecified atom stereocenters. The van der Waals surface area contributed by atoms with E-state index in [1.165, 1.54) is 3.57 Å². The molecule has 1 fully saturated rings. The SMILES string of the molecule is Cc1cc(-c2ccc(I)cc2)cc(C)c1C1C(=O)CC(C)(CS)CC1=O. The Morgan fingerprint density at radius 3 is 1.96 bits per heavy atom. The van der Waals surface area contributed by atoms with E-state index in [-0.39, 0.29) is 17.0 Å². The van der Waals surface area contributed by atoms with Crippen LogP contribution < -0.4 is 0 Å². The summed E-state index contributed by atoms with van der Waals surface area (Å²) in [6.07, 6.45) is 0.843. The lowest BCUT2D eigenvalue weighted by Crippen LogP contribution is -2.39. The Bertz CT molecular complexity index is 829. The van der Waals surface area contributed by atoms with E-state index in [1.54, 1.807) is 0 Å². The molecule has 0 heterocycles. The van der Waals surface area contributed by atoms with Crippen LogP contribution in [0.5, 0.6) is 0 Å². The zero-order valence-corrected chi connectivity index (χ0v) is 18.4. The van der Waals surface area contributed by atoms with E-state index in [9.17, 15) is 9.59 Å². The molecule has 2 aromatic rings. The number of rotatable bonds is 3. The second-order valence-corrected chi connectivity index (χ2v) is 9.28. The van der Waals surface area contributed by atoms with Crippen LogP contribution in [0.25, 0.3) is 11.1 Å². The molecule has 0 atom stereocenters. The highest BCUT2D eigenvalue weighted by molar-refractivity contribution is 14.1. The number of hydrogen-bond donors (Lipinski definition) is 1. The van der Waals surface area contributed by atoms with E-state index < -0.39 is 5.92 Å². The molecule has 0 aromatic heterocycles. The van der Waals surface area contributed by atoms with Crippen LogP contribution in [-0.2, 0) is 9.59 Å². The van der Waals surface area contributed by atoms with Gasteiger partial charge in [0.05, 0.1) is 0 Å². The fraction of sp³-hybridized carbons (Fsp3) is 0.364. The van der Waals surface area contributed by atoms with Crippen molar-refractivity contribution in [3.8, 4) is 11.1 Å². The van der Waals surface area contributed by atoms with Crippen LogP contribution in [0.3, 0.4) is 0 Å². The van der Waals surface area contributed by atoms with E-state index in [2.05, 4.69) is 71.6 Å². The molecule has 1 aliphatic carbocycles. The standard InChI is InChI=1S/C22H23IO2S/c1-13-8-16(15-4-6-17(23)7-5-15)9-14(2)20(13)21-18(24)10-22(3,12-26)11-19(21)25/h4-9,21,26H,10-12H2,1-3H3. The number of carbonyl (C=O) groups excluding carboxylic acids is 2. The average Bonchev–Trinajstić information content (AvgIpc) is 2.57. The van der Waals surface area contributed by atoms with Gasteiger partial charge in [0.25, 0.3) is 0 Å². The van der Waals surface area contributed by atoms with Gasteiger partial charge in [0, 0.05) is 16.4 Å². The third kappa shape index (κ3) is 3.77. The first kappa shape index (κ1) is 19.6. The molecule has 0 saturated heterocycles. The second kappa shape index (κ2) is 7.47. The van der Waals surface area contributed by atoms with Gasteiger partial charge in [0.15, 0.2) is 0 Å². The third-order valence-electron chi connectivity index (χ3n) is 5.29. The van der Waals surface area contributed by atoms with Crippen molar-refractivity contribution in [1.29, 1.82) is 0 Å². The van der Waals surface area contributed by atoms with E-state index in [0.29, 0.717) is 18.6 Å². The summed E-state index contributed by atoms with van der Waals surface area (Å²) >= 11 is 6.64. The molecular weight excluding hydrogens is 455 g/mol. The first-order valence-electron chi connectivity index (χ1n) is 8.77. The highest BCUT2D eigenvalue weighted by atomic mass is 127. The maximum atomic E-state index is 12.8. The molecule has 4 heteroatoms. The Labute approximate surface area is 174 Å². The monoisotopic (exact) mass is 478 g/mol. The van der Waals surface area contributed by atoms with Crippen molar-refractivity contribution in [3.05, 3.63) is 56.7 Å². The lowest BCUT2D eigenvalue weighted by molar-refractivity contribution is -0.135. The summed E-state index contributed by atoms with van der Waals surface area (Å²) in [7, 11) is 0. The van der Waals surface area contributed by atoms with Crippen LogP contribution >= 0.6 is 35.2 Å². The normalized spacial score (nSPS) is 23.3. The van der Waals surface area contributed by atoms with Gasteiger partial charge in [-0.25, -0.2) is 0 Å². The number of hydrogen-bond acceptors (Lipinski definition) is 3. The van der Waals surface area contributed by atoms with Crippen LogP contribution in [0.4, 0.5) is 0 Å². The molecular formula is C22H23IO2S. The predicted octanol–water partition coefficient (Wildman–Crippen LogP) is 5.53. The van der Waals surface area contributed by atoms with Crippen molar-refractivity contribution in [3.63, 3.8) is 0 Å². The van der Waals surface area contributed by atoms with Crippen LogP contribution in [0, 0.1) is 22.8 Å². The lowest BCUT2D eigenvalue weighted by atomic mass is 9.68. The lowest BCUT2D eigenvalue weighted by Gasteiger charge is -2.35. The molecule has 136 valence electrons. The quantitative estimate of drug-likeness (QED) is 0.358. The van der Waals surface area contributed by atoms with Crippen molar-refractivity contribution in [2.75, 3.05) is 5.75 Å². The molecule has 0 N–H and O–H groups in total. The number of halogens is 1. The van der Waals surface area contributed by atoms with Gasteiger partial charge in [-0.05, 0) is 87.6 Å². The molecule has 3 rings (SSSR count). The smallest absolute Gasteiger partial charge is 0.148 e. The van der Waals surface area contributed by atoms with Crippen molar-refractivity contribution in [2.45, 2.75) is 39.5 Å². The van der Waals surface area contributed by atoms with Gasteiger partial charge in [0.1, 0.15) is 17.5 Å². The zero-order valence-electron chi connectivity index (χ0n) is 15.3. The Balaban J connectivity index is 2.00. The topological polar surface area (TPSA) is 34.1 Å². The van der Waals surface area contributed by atoms with Crippen LogP contribution in [0.15, 0.2) is 36.4 Å². The number of ketones is 2. The molecule has 0 aliphatic heterocycles. The molecule has 0 spiro atoms. The summed E-state index contributed by atoms with van der Waals surface area (Å²) in [5.41, 5.74) is 4.88. The molecule has 2 aromatic carbocycles. The molecule has 1 aliphatic rings. The number of thiol groups is 1. The van der Waals surface area contributed by atoms with E-state index in [4.69, 9.17) is 0 Å². The summed E-state index contributed by atoms with van der Waals surface area (Å²) in [5.74, 6) is 0.00623. The third-order valence-corrected chi connectivity index (χ3v) is 6.77. The van der Waals surface area contributed by atoms with E-state index in [1.807, 2.05) is 20.8 Å². The predicted molar refractivity (Wildman–Crippen MR) is 118 cm³/mol. The number of carbonyl (C=O) groups is 2. The second-order valence-electron chi connectivity index (χ2n) is 7.72. The highest BCUT2D eigenvalue weighted by Gasteiger charge is 2.43. The van der Waals surface area contributed by atoms with Gasteiger partial charge in [0.2, 0.25) is 0 Å². The number of aryl methyl sites for hydroxylation is 2. The van der Waals surface area contributed by atoms with Gasteiger partial charge in [-0.15, -0.1) is 0 Å². The van der Waals surface area contributed by atoms with Gasteiger partial charge in [-0.1, -0.05) is 31.2 Å².